The van der Waals surface area contributed by atoms with Gasteiger partial charge in [0.2, 0.25) is 5.88 Å². The van der Waals surface area contributed by atoms with E-state index in [9.17, 15) is 0 Å². The van der Waals surface area contributed by atoms with E-state index in [0.717, 1.165) is 29.6 Å². The summed E-state index contributed by atoms with van der Waals surface area (Å²) in [5.41, 5.74) is 2.22. The average Bonchev–Trinajstić information content (AvgIpc) is 3.27. The largest absolute Gasteiger partial charge is 0.475 e. The molecular weight excluding hydrogens is 264 g/mol. The third-order valence-corrected chi connectivity index (χ3v) is 3.82. The number of benzene rings is 1. The zero-order valence-electron chi connectivity index (χ0n) is 12.9. The van der Waals surface area contributed by atoms with Gasteiger partial charge in [0.05, 0.1) is 17.5 Å². The van der Waals surface area contributed by atoms with Crippen LogP contribution in [0.4, 0.5) is 0 Å². The lowest BCUT2D eigenvalue weighted by molar-refractivity contribution is 0.198. The van der Waals surface area contributed by atoms with Crippen LogP contribution < -0.4 is 4.74 Å². The number of aliphatic hydroxyl groups excluding tert-OH is 1. The summed E-state index contributed by atoms with van der Waals surface area (Å²) in [6.45, 7) is 6.80. The standard InChI is InChI=1S/C17H22N2O2/c1-17(2,3)12-6-7-14-13(10-12)16(21-9-8-20)19-15(18-14)11-4-5-11/h6-7,10-11,20H,4-5,8-9H2,1-3H3. The van der Waals surface area contributed by atoms with E-state index in [4.69, 9.17) is 9.84 Å². The third-order valence-electron chi connectivity index (χ3n) is 3.82. The molecule has 0 amide bonds. The molecule has 2 aromatic rings. The van der Waals surface area contributed by atoms with E-state index in [1.807, 2.05) is 0 Å². The minimum absolute atomic E-state index is 0.0107. The van der Waals surface area contributed by atoms with Crippen molar-refractivity contribution >= 4 is 10.9 Å². The Morgan fingerprint density at radius 1 is 1.24 bits per heavy atom. The van der Waals surface area contributed by atoms with Crippen molar-refractivity contribution in [2.24, 2.45) is 0 Å². The number of hydrogen-bond acceptors (Lipinski definition) is 4. The summed E-state index contributed by atoms with van der Waals surface area (Å²) in [4.78, 5) is 9.25. The molecule has 0 bridgehead atoms. The predicted octanol–water partition coefficient (Wildman–Crippen LogP) is 3.18. The lowest BCUT2D eigenvalue weighted by atomic mass is 9.86. The summed E-state index contributed by atoms with van der Waals surface area (Å²) in [5, 5.41) is 9.94. The Labute approximate surface area is 125 Å². The van der Waals surface area contributed by atoms with Gasteiger partial charge in [-0.2, -0.15) is 4.98 Å². The normalized spacial score (nSPS) is 15.4. The highest BCUT2D eigenvalue weighted by molar-refractivity contribution is 5.84. The van der Waals surface area contributed by atoms with Gasteiger partial charge in [0.25, 0.3) is 0 Å². The smallest absolute Gasteiger partial charge is 0.224 e. The molecule has 0 aliphatic heterocycles. The van der Waals surface area contributed by atoms with E-state index >= 15 is 0 Å². The van der Waals surface area contributed by atoms with Crippen molar-refractivity contribution in [3.63, 3.8) is 0 Å². The first-order valence-corrected chi connectivity index (χ1v) is 7.55. The molecule has 0 unspecified atom stereocenters. The maximum atomic E-state index is 9.01. The Kier molecular flexibility index (Phi) is 3.57. The molecule has 0 atom stereocenters. The third kappa shape index (κ3) is 3.00. The molecule has 4 heteroatoms. The van der Waals surface area contributed by atoms with Gasteiger partial charge in [-0.3, -0.25) is 0 Å². The number of ether oxygens (including phenoxy) is 1. The number of aromatic nitrogens is 2. The SMILES string of the molecule is CC(C)(C)c1ccc2nc(C3CC3)nc(OCCO)c2c1. The van der Waals surface area contributed by atoms with Gasteiger partial charge in [-0.25, -0.2) is 4.98 Å². The molecule has 1 aromatic heterocycles. The zero-order chi connectivity index (χ0) is 15.0. The second-order valence-corrected chi connectivity index (χ2v) is 6.72. The molecule has 3 rings (SSSR count). The van der Waals surface area contributed by atoms with Gasteiger partial charge in [-0.1, -0.05) is 26.8 Å². The quantitative estimate of drug-likeness (QED) is 0.938. The number of aliphatic hydroxyl groups is 1. The molecular formula is C17H22N2O2. The monoisotopic (exact) mass is 286 g/mol. The second-order valence-electron chi connectivity index (χ2n) is 6.72. The van der Waals surface area contributed by atoms with E-state index in [0.29, 0.717) is 11.8 Å². The van der Waals surface area contributed by atoms with Crippen molar-refractivity contribution in [3.8, 4) is 5.88 Å². The van der Waals surface area contributed by atoms with Gasteiger partial charge < -0.3 is 9.84 Å². The highest BCUT2D eigenvalue weighted by Gasteiger charge is 2.28. The van der Waals surface area contributed by atoms with E-state index in [-0.39, 0.29) is 18.6 Å². The van der Waals surface area contributed by atoms with Crippen molar-refractivity contribution in [1.29, 1.82) is 0 Å². The van der Waals surface area contributed by atoms with E-state index in [2.05, 4.69) is 48.9 Å². The van der Waals surface area contributed by atoms with Crippen LogP contribution in [0.25, 0.3) is 10.9 Å². The van der Waals surface area contributed by atoms with E-state index < -0.39 is 0 Å². The molecule has 1 aliphatic carbocycles. The second kappa shape index (κ2) is 5.26. The van der Waals surface area contributed by atoms with Crippen LogP contribution in [-0.4, -0.2) is 28.3 Å². The molecule has 1 saturated carbocycles. The van der Waals surface area contributed by atoms with Crippen LogP contribution >= 0.6 is 0 Å². The average molecular weight is 286 g/mol. The molecule has 1 N–H and O–H groups in total. The van der Waals surface area contributed by atoms with Gasteiger partial charge in [-0.15, -0.1) is 0 Å². The van der Waals surface area contributed by atoms with Crippen molar-refractivity contribution in [2.75, 3.05) is 13.2 Å². The van der Waals surface area contributed by atoms with Crippen molar-refractivity contribution in [3.05, 3.63) is 29.6 Å². The number of rotatable bonds is 4. The van der Waals surface area contributed by atoms with Gasteiger partial charge in [0, 0.05) is 5.92 Å². The Hall–Kier alpha value is -1.68. The Morgan fingerprint density at radius 3 is 2.62 bits per heavy atom. The number of fused-ring (bicyclic) bond motifs is 1. The molecule has 0 radical (unpaired) electrons. The first-order chi connectivity index (χ1) is 9.99. The highest BCUT2D eigenvalue weighted by atomic mass is 16.5. The summed E-state index contributed by atoms with van der Waals surface area (Å²) < 4.78 is 5.65. The summed E-state index contributed by atoms with van der Waals surface area (Å²) in [6.07, 6.45) is 2.32. The summed E-state index contributed by atoms with van der Waals surface area (Å²) in [6, 6.07) is 6.29. The number of hydrogen-bond donors (Lipinski definition) is 1. The molecule has 1 aromatic carbocycles. The lowest BCUT2D eigenvalue weighted by Crippen LogP contribution is -2.11. The predicted molar refractivity (Wildman–Crippen MR) is 82.8 cm³/mol. The van der Waals surface area contributed by atoms with E-state index in [1.165, 1.54) is 5.56 Å². The molecule has 1 heterocycles. The summed E-state index contributed by atoms with van der Waals surface area (Å²) in [7, 11) is 0. The Morgan fingerprint density at radius 2 is 2.00 bits per heavy atom. The molecule has 0 saturated heterocycles. The van der Waals surface area contributed by atoms with E-state index in [1.54, 1.807) is 0 Å². The first kappa shape index (κ1) is 14.3. The van der Waals surface area contributed by atoms with Crippen LogP contribution in [0.3, 0.4) is 0 Å². The van der Waals surface area contributed by atoms with Crippen molar-refractivity contribution in [1.82, 2.24) is 9.97 Å². The molecule has 1 fully saturated rings. The fourth-order valence-corrected chi connectivity index (χ4v) is 2.36. The Balaban J connectivity index is 2.11. The van der Waals surface area contributed by atoms with Gasteiger partial charge in [0.1, 0.15) is 12.4 Å². The number of nitrogens with zero attached hydrogens (tertiary/aromatic N) is 2. The van der Waals surface area contributed by atoms with Gasteiger partial charge in [0.15, 0.2) is 0 Å². The van der Waals surface area contributed by atoms with Gasteiger partial charge in [-0.05, 0) is 36.0 Å². The maximum absolute atomic E-state index is 9.01. The fraction of sp³-hybridized carbons (Fsp3) is 0.529. The van der Waals surface area contributed by atoms with Crippen molar-refractivity contribution in [2.45, 2.75) is 44.9 Å². The van der Waals surface area contributed by atoms with Crippen molar-refractivity contribution < 1.29 is 9.84 Å². The van der Waals surface area contributed by atoms with Crippen LogP contribution in [0.15, 0.2) is 18.2 Å². The zero-order valence-corrected chi connectivity index (χ0v) is 12.9. The minimum atomic E-state index is -0.0107. The van der Waals surface area contributed by atoms with Crippen LogP contribution in [-0.2, 0) is 5.41 Å². The Bertz CT molecular complexity index is 658. The first-order valence-electron chi connectivity index (χ1n) is 7.55. The van der Waals surface area contributed by atoms with Crippen LogP contribution in [0.1, 0.15) is 50.9 Å². The molecule has 112 valence electrons. The van der Waals surface area contributed by atoms with Crippen LogP contribution in [0.2, 0.25) is 0 Å². The summed E-state index contributed by atoms with van der Waals surface area (Å²) >= 11 is 0. The summed E-state index contributed by atoms with van der Waals surface area (Å²) in [5.74, 6) is 1.95. The van der Waals surface area contributed by atoms with Gasteiger partial charge >= 0.3 is 0 Å². The maximum Gasteiger partial charge on any atom is 0.224 e. The van der Waals surface area contributed by atoms with Crippen LogP contribution in [0, 0.1) is 0 Å². The molecule has 0 spiro atoms. The fourth-order valence-electron chi connectivity index (χ4n) is 2.36. The minimum Gasteiger partial charge on any atom is -0.475 e. The van der Waals surface area contributed by atoms with Crippen LogP contribution in [0.5, 0.6) is 5.88 Å². The lowest BCUT2D eigenvalue weighted by Gasteiger charge is -2.20. The highest BCUT2D eigenvalue weighted by Crippen LogP contribution is 2.40. The topological polar surface area (TPSA) is 55.2 Å². The molecule has 4 nitrogen and oxygen atoms in total. The molecule has 21 heavy (non-hydrogen) atoms. The molecule has 1 aliphatic rings.